The average molecular weight is 316 g/mol. The molecule has 1 amide bonds. The third-order valence-corrected chi connectivity index (χ3v) is 3.60. The largest absolute Gasteiger partial charge is 0.409 e. The van der Waals surface area contributed by atoms with Crippen LogP contribution in [0.3, 0.4) is 0 Å². The highest BCUT2D eigenvalue weighted by Gasteiger charge is 2.54. The summed E-state index contributed by atoms with van der Waals surface area (Å²) < 4.78 is 13.6. The van der Waals surface area contributed by atoms with E-state index in [1.165, 1.54) is 12.1 Å². The number of halogens is 2. The first kappa shape index (κ1) is 12.8. The van der Waals surface area contributed by atoms with Crippen LogP contribution in [0.5, 0.6) is 0 Å². The number of hydrogen-bond acceptors (Lipinski definition) is 3. The highest BCUT2D eigenvalue weighted by atomic mass is 79.9. The van der Waals surface area contributed by atoms with Gasteiger partial charge in [0.15, 0.2) is 5.84 Å². The molecular formula is C11H11BrFN3O2. The van der Waals surface area contributed by atoms with Gasteiger partial charge in [0, 0.05) is 5.69 Å². The van der Waals surface area contributed by atoms with Gasteiger partial charge in [-0.15, -0.1) is 0 Å². The zero-order valence-corrected chi connectivity index (χ0v) is 10.9. The summed E-state index contributed by atoms with van der Waals surface area (Å²) in [4.78, 5) is 12.0. The van der Waals surface area contributed by atoms with Crippen LogP contribution in [0.15, 0.2) is 27.8 Å². The molecule has 0 aromatic heterocycles. The van der Waals surface area contributed by atoms with Gasteiger partial charge in [0.05, 0.1) is 4.47 Å². The number of benzene rings is 1. The monoisotopic (exact) mass is 315 g/mol. The highest BCUT2D eigenvalue weighted by Crippen LogP contribution is 2.46. The summed E-state index contributed by atoms with van der Waals surface area (Å²) in [6, 6.07) is 4.26. The third kappa shape index (κ3) is 2.17. The molecule has 0 atom stereocenters. The van der Waals surface area contributed by atoms with Crippen LogP contribution in [-0.2, 0) is 4.79 Å². The Bertz CT molecular complexity index is 529. The number of carbonyl (C=O) groups is 1. The summed E-state index contributed by atoms with van der Waals surface area (Å²) in [6.07, 6.45) is 1.04. The number of nitrogens with two attached hydrogens (primary N) is 1. The van der Waals surface area contributed by atoms with Crippen LogP contribution in [-0.4, -0.2) is 17.0 Å². The number of oxime groups is 1. The van der Waals surface area contributed by atoms with Gasteiger partial charge in [-0.05, 0) is 47.0 Å². The van der Waals surface area contributed by atoms with Gasteiger partial charge in [0.25, 0.3) is 0 Å². The number of amidine groups is 1. The zero-order valence-electron chi connectivity index (χ0n) is 9.28. The van der Waals surface area contributed by atoms with E-state index in [0.29, 0.717) is 23.0 Å². The molecule has 18 heavy (non-hydrogen) atoms. The van der Waals surface area contributed by atoms with Gasteiger partial charge in [-0.25, -0.2) is 4.39 Å². The Labute approximate surface area is 111 Å². The first-order valence-electron chi connectivity index (χ1n) is 5.24. The topological polar surface area (TPSA) is 87.7 Å². The van der Waals surface area contributed by atoms with Crippen molar-refractivity contribution in [3.8, 4) is 0 Å². The minimum absolute atomic E-state index is 0.113. The van der Waals surface area contributed by atoms with Crippen LogP contribution in [0.2, 0.25) is 0 Å². The van der Waals surface area contributed by atoms with E-state index in [2.05, 4.69) is 26.4 Å². The number of hydrogen-bond donors (Lipinski definition) is 3. The van der Waals surface area contributed by atoms with Crippen LogP contribution in [0.25, 0.3) is 0 Å². The standard InChI is InChI=1S/C11H11BrFN3O2/c12-7-2-1-6(5-8(7)13)15-10(17)11(3-4-11)9(14)16-18/h1-2,5,18H,3-4H2,(H2,14,16)(H,15,17). The van der Waals surface area contributed by atoms with E-state index in [-0.39, 0.29) is 11.7 Å². The molecular weight excluding hydrogens is 305 g/mol. The summed E-state index contributed by atoms with van der Waals surface area (Å²) in [7, 11) is 0. The van der Waals surface area contributed by atoms with Crippen LogP contribution in [0, 0.1) is 11.2 Å². The minimum Gasteiger partial charge on any atom is -0.409 e. The third-order valence-electron chi connectivity index (χ3n) is 2.96. The number of anilines is 1. The molecule has 2 rings (SSSR count). The normalized spacial score (nSPS) is 17.3. The Balaban J connectivity index is 2.15. The SMILES string of the molecule is N/C(=N/O)C1(C(=O)Nc2ccc(Br)c(F)c2)CC1. The number of nitrogens with one attached hydrogen (secondary N) is 1. The van der Waals surface area contributed by atoms with Gasteiger partial charge in [-0.3, -0.25) is 4.79 Å². The van der Waals surface area contributed by atoms with Crippen molar-refractivity contribution in [2.24, 2.45) is 16.3 Å². The molecule has 0 aliphatic heterocycles. The van der Waals surface area contributed by atoms with Gasteiger partial charge < -0.3 is 16.3 Å². The second-order valence-corrected chi connectivity index (χ2v) is 5.00. The maximum atomic E-state index is 13.3. The molecule has 1 aliphatic carbocycles. The quantitative estimate of drug-likeness (QED) is 0.345. The fourth-order valence-corrected chi connectivity index (χ4v) is 1.89. The molecule has 0 bridgehead atoms. The molecule has 7 heteroatoms. The lowest BCUT2D eigenvalue weighted by atomic mass is 10.1. The molecule has 0 unspecified atom stereocenters. The van der Waals surface area contributed by atoms with Crippen molar-refractivity contribution in [3.05, 3.63) is 28.5 Å². The van der Waals surface area contributed by atoms with Crippen LogP contribution >= 0.6 is 15.9 Å². The molecule has 96 valence electrons. The number of rotatable bonds is 3. The Morgan fingerprint density at radius 3 is 2.72 bits per heavy atom. The van der Waals surface area contributed by atoms with Gasteiger partial charge >= 0.3 is 0 Å². The second-order valence-electron chi connectivity index (χ2n) is 4.15. The van der Waals surface area contributed by atoms with Crippen molar-refractivity contribution in [2.45, 2.75) is 12.8 Å². The first-order chi connectivity index (χ1) is 8.49. The summed E-state index contributed by atoms with van der Waals surface area (Å²) >= 11 is 3.02. The fraction of sp³-hybridized carbons (Fsp3) is 0.273. The van der Waals surface area contributed by atoms with E-state index in [4.69, 9.17) is 10.9 Å². The first-order valence-corrected chi connectivity index (χ1v) is 6.03. The minimum atomic E-state index is -0.946. The Morgan fingerprint density at radius 1 is 1.56 bits per heavy atom. The summed E-state index contributed by atoms with van der Waals surface area (Å²) in [6.45, 7) is 0. The zero-order chi connectivity index (χ0) is 13.3. The Kier molecular flexibility index (Phi) is 3.25. The second kappa shape index (κ2) is 4.56. The van der Waals surface area contributed by atoms with Crippen LogP contribution in [0.4, 0.5) is 10.1 Å². The van der Waals surface area contributed by atoms with E-state index in [9.17, 15) is 9.18 Å². The Hall–Kier alpha value is -1.63. The lowest BCUT2D eigenvalue weighted by molar-refractivity contribution is -0.119. The smallest absolute Gasteiger partial charge is 0.238 e. The molecule has 1 aromatic carbocycles. The maximum absolute atomic E-state index is 13.3. The molecule has 0 radical (unpaired) electrons. The van der Waals surface area contributed by atoms with Gasteiger partial charge in [0.2, 0.25) is 5.91 Å². The highest BCUT2D eigenvalue weighted by molar-refractivity contribution is 9.10. The van der Waals surface area contributed by atoms with Gasteiger partial charge in [-0.2, -0.15) is 0 Å². The predicted molar refractivity (Wildman–Crippen MR) is 67.8 cm³/mol. The van der Waals surface area contributed by atoms with Crippen molar-refractivity contribution in [1.29, 1.82) is 0 Å². The molecule has 1 aromatic rings. The van der Waals surface area contributed by atoms with E-state index >= 15 is 0 Å². The molecule has 0 saturated heterocycles. The van der Waals surface area contributed by atoms with Gasteiger partial charge in [0.1, 0.15) is 11.2 Å². The number of carbonyl (C=O) groups excluding carboxylic acids is 1. The lowest BCUT2D eigenvalue weighted by Crippen LogP contribution is -2.36. The van der Waals surface area contributed by atoms with E-state index in [1.54, 1.807) is 6.07 Å². The molecule has 1 fully saturated rings. The van der Waals surface area contributed by atoms with E-state index in [1.807, 2.05) is 0 Å². The van der Waals surface area contributed by atoms with Crippen molar-refractivity contribution in [1.82, 2.24) is 0 Å². The average Bonchev–Trinajstić information content (AvgIpc) is 3.14. The van der Waals surface area contributed by atoms with Crippen LogP contribution in [0.1, 0.15) is 12.8 Å². The molecule has 1 saturated carbocycles. The summed E-state index contributed by atoms with van der Waals surface area (Å²) in [5.41, 5.74) is 4.86. The maximum Gasteiger partial charge on any atom is 0.238 e. The predicted octanol–water partition coefficient (Wildman–Crippen LogP) is 2.05. The van der Waals surface area contributed by atoms with E-state index < -0.39 is 11.2 Å². The van der Waals surface area contributed by atoms with Crippen molar-refractivity contribution >= 4 is 33.4 Å². The van der Waals surface area contributed by atoms with Crippen molar-refractivity contribution in [3.63, 3.8) is 0 Å². The number of amides is 1. The van der Waals surface area contributed by atoms with Crippen molar-refractivity contribution < 1.29 is 14.4 Å². The molecule has 5 nitrogen and oxygen atoms in total. The molecule has 1 aliphatic rings. The van der Waals surface area contributed by atoms with Crippen LogP contribution < -0.4 is 11.1 Å². The molecule has 0 heterocycles. The summed E-state index contributed by atoms with van der Waals surface area (Å²) in [5.74, 6) is -0.974. The molecule has 4 N–H and O–H groups in total. The Morgan fingerprint density at radius 2 is 2.22 bits per heavy atom. The number of nitrogens with zero attached hydrogens (tertiary/aromatic N) is 1. The van der Waals surface area contributed by atoms with Gasteiger partial charge in [-0.1, -0.05) is 5.16 Å². The lowest BCUT2D eigenvalue weighted by Gasteiger charge is -2.13. The van der Waals surface area contributed by atoms with E-state index in [0.717, 1.165) is 0 Å². The summed E-state index contributed by atoms with van der Waals surface area (Å²) in [5, 5.41) is 14.0. The fourth-order valence-electron chi connectivity index (χ4n) is 1.64. The molecule has 0 spiro atoms. The van der Waals surface area contributed by atoms with Crippen molar-refractivity contribution in [2.75, 3.05) is 5.32 Å².